The van der Waals surface area contributed by atoms with Crippen molar-refractivity contribution in [1.82, 2.24) is 4.90 Å². The van der Waals surface area contributed by atoms with E-state index in [-0.39, 0.29) is 18.4 Å². The summed E-state index contributed by atoms with van der Waals surface area (Å²) in [4.78, 5) is 28.1. The average molecular weight is 448 g/mol. The van der Waals surface area contributed by atoms with Gasteiger partial charge >= 0.3 is 0 Å². The van der Waals surface area contributed by atoms with Crippen LogP contribution in [0.2, 0.25) is 10.0 Å². The molecule has 0 aliphatic carbocycles. The van der Waals surface area contributed by atoms with E-state index in [1.54, 1.807) is 31.3 Å². The molecule has 2 amide bonds. The van der Waals surface area contributed by atoms with Gasteiger partial charge in [-0.1, -0.05) is 35.3 Å². The largest absolute Gasteiger partial charge is 0.378 e. The number of anilines is 2. The number of carbonyl (C=O) groups is 2. The normalized spacial score (nSPS) is 14.0. The topological polar surface area (TPSA) is 61.9 Å². The highest BCUT2D eigenvalue weighted by Crippen LogP contribution is 2.26. The molecule has 1 heterocycles. The van der Waals surface area contributed by atoms with Crippen LogP contribution in [0.25, 0.3) is 6.08 Å². The van der Waals surface area contributed by atoms with Gasteiger partial charge in [-0.3, -0.25) is 9.59 Å². The van der Waals surface area contributed by atoms with Gasteiger partial charge in [-0.2, -0.15) is 0 Å². The van der Waals surface area contributed by atoms with Crippen LogP contribution in [0.4, 0.5) is 11.4 Å². The van der Waals surface area contributed by atoms with Crippen LogP contribution in [0.5, 0.6) is 0 Å². The van der Waals surface area contributed by atoms with Crippen molar-refractivity contribution in [3.8, 4) is 0 Å². The van der Waals surface area contributed by atoms with E-state index in [2.05, 4.69) is 10.2 Å². The van der Waals surface area contributed by atoms with E-state index in [0.29, 0.717) is 21.3 Å². The van der Waals surface area contributed by atoms with Crippen LogP contribution >= 0.6 is 23.2 Å². The molecule has 1 saturated heterocycles. The Bertz CT molecular complexity index is 926. The van der Waals surface area contributed by atoms with E-state index in [4.69, 9.17) is 27.9 Å². The third-order valence-corrected chi connectivity index (χ3v) is 5.50. The summed E-state index contributed by atoms with van der Waals surface area (Å²) in [6.45, 7) is 3.07. The first-order chi connectivity index (χ1) is 14.4. The first-order valence-corrected chi connectivity index (χ1v) is 10.3. The highest BCUT2D eigenvalue weighted by Gasteiger charge is 2.13. The molecule has 158 valence electrons. The van der Waals surface area contributed by atoms with E-state index in [0.717, 1.165) is 32.0 Å². The van der Waals surface area contributed by atoms with Crippen LogP contribution < -0.4 is 10.2 Å². The summed E-state index contributed by atoms with van der Waals surface area (Å²) >= 11 is 12.1. The predicted molar refractivity (Wildman–Crippen MR) is 121 cm³/mol. The molecule has 0 unspecified atom stereocenters. The van der Waals surface area contributed by atoms with Gasteiger partial charge in [0.05, 0.1) is 29.8 Å². The summed E-state index contributed by atoms with van der Waals surface area (Å²) < 4.78 is 5.36. The van der Waals surface area contributed by atoms with Gasteiger partial charge in [0.15, 0.2) is 0 Å². The molecule has 0 aromatic heterocycles. The fourth-order valence-corrected chi connectivity index (χ4v) is 3.38. The molecule has 2 aromatic carbocycles. The molecule has 0 radical (unpaired) electrons. The molecule has 0 spiro atoms. The number of amides is 2. The highest BCUT2D eigenvalue weighted by molar-refractivity contribution is 6.42. The van der Waals surface area contributed by atoms with Gasteiger partial charge in [-0.25, -0.2) is 0 Å². The second-order valence-corrected chi connectivity index (χ2v) is 7.65. The zero-order valence-electron chi connectivity index (χ0n) is 16.6. The van der Waals surface area contributed by atoms with Crippen molar-refractivity contribution < 1.29 is 14.3 Å². The van der Waals surface area contributed by atoms with Crippen LogP contribution in [0.1, 0.15) is 5.56 Å². The highest BCUT2D eigenvalue weighted by atomic mass is 35.5. The number of carbonyl (C=O) groups excluding carboxylic acids is 2. The maximum Gasteiger partial charge on any atom is 0.246 e. The number of rotatable bonds is 6. The van der Waals surface area contributed by atoms with Crippen LogP contribution in [0, 0.1) is 0 Å². The molecular formula is C22H23Cl2N3O3. The Morgan fingerprint density at radius 2 is 1.83 bits per heavy atom. The number of hydrogen-bond donors (Lipinski definition) is 1. The molecule has 8 heteroatoms. The molecule has 1 N–H and O–H groups in total. The Labute approximate surface area is 186 Å². The van der Waals surface area contributed by atoms with Crippen molar-refractivity contribution in [3.05, 3.63) is 64.1 Å². The second kappa shape index (κ2) is 10.5. The number of halogens is 2. The van der Waals surface area contributed by atoms with E-state index in [9.17, 15) is 9.59 Å². The van der Waals surface area contributed by atoms with Crippen LogP contribution in [-0.4, -0.2) is 56.6 Å². The Morgan fingerprint density at radius 3 is 2.53 bits per heavy atom. The van der Waals surface area contributed by atoms with Crippen LogP contribution in [0.15, 0.2) is 48.5 Å². The van der Waals surface area contributed by atoms with Gasteiger partial charge in [0.25, 0.3) is 0 Å². The lowest BCUT2D eigenvalue weighted by atomic mass is 10.2. The van der Waals surface area contributed by atoms with Crippen molar-refractivity contribution in [2.75, 3.05) is 50.1 Å². The molecule has 1 fully saturated rings. The summed E-state index contributed by atoms with van der Waals surface area (Å²) in [5.41, 5.74) is 2.41. The van der Waals surface area contributed by atoms with Gasteiger partial charge in [-0.15, -0.1) is 0 Å². The van der Waals surface area contributed by atoms with Crippen LogP contribution in [-0.2, 0) is 14.3 Å². The van der Waals surface area contributed by atoms with Crippen molar-refractivity contribution in [1.29, 1.82) is 0 Å². The van der Waals surface area contributed by atoms with Crippen LogP contribution in [0.3, 0.4) is 0 Å². The zero-order chi connectivity index (χ0) is 21.5. The van der Waals surface area contributed by atoms with Crippen molar-refractivity contribution >= 4 is 52.5 Å². The van der Waals surface area contributed by atoms with Crippen molar-refractivity contribution in [2.45, 2.75) is 0 Å². The first kappa shape index (κ1) is 22.2. The molecular weight excluding hydrogens is 425 g/mol. The number of ether oxygens (including phenoxy) is 1. The van der Waals surface area contributed by atoms with E-state index in [1.807, 2.05) is 24.3 Å². The minimum atomic E-state index is -0.316. The van der Waals surface area contributed by atoms with E-state index >= 15 is 0 Å². The molecule has 0 atom stereocenters. The second-order valence-electron chi connectivity index (χ2n) is 6.87. The molecule has 0 saturated carbocycles. The number of benzene rings is 2. The SMILES string of the molecule is CN(CC(=O)Nc1ccc(N2CCOCC2)cc1)C(=O)/C=C/c1cccc(Cl)c1Cl. The first-order valence-electron chi connectivity index (χ1n) is 9.54. The van der Waals surface area contributed by atoms with E-state index in [1.165, 1.54) is 11.0 Å². The van der Waals surface area contributed by atoms with Gasteiger partial charge in [-0.05, 0) is 42.0 Å². The lowest BCUT2D eigenvalue weighted by Crippen LogP contribution is -2.36. The molecule has 6 nitrogen and oxygen atoms in total. The molecule has 3 rings (SSSR count). The Hall–Kier alpha value is -2.54. The molecule has 30 heavy (non-hydrogen) atoms. The molecule has 1 aliphatic heterocycles. The number of morpholine rings is 1. The fraction of sp³-hybridized carbons (Fsp3) is 0.273. The lowest BCUT2D eigenvalue weighted by Gasteiger charge is -2.28. The minimum absolute atomic E-state index is 0.0718. The minimum Gasteiger partial charge on any atom is -0.378 e. The molecule has 1 aliphatic rings. The van der Waals surface area contributed by atoms with E-state index < -0.39 is 0 Å². The Kier molecular flexibility index (Phi) is 7.74. The maximum absolute atomic E-state index is 12.3. The molecule has 2 aromatic rings. The summed E-state index contributed by atoms with van der Waals surface area (Å²) in [6.07, 6.45) is 2.94. The monoisotopic (exact) mass is 447 g/mol. The third kappa shape index (κ3) is 5.98. The number of nitrogens with one attached hydrogen (secondary N) is 1. The quantitative estimate of drug-likeness (QED) is 0.681. The van der Waals surface area contributed by atoms with Crippen molar-refractivity contribution in [2.24, 2.45) is 0 Å². The van der Waals surface area contributed by atoms with Gasteiger partial charge in [0.1, 0.15) is 0 Å². The number of likely N-dealkylation sites (N-methyl/N-ethyl adjacent to an activating group) is 1. The lowest BCUT2D eigenvalue weighted by molar-refractivity contribution is -0.129. The summed E-state index contributed by atoms with van der Waals surface area (Å²) in [6, 6.07) is 12.8. The summed E-state index contributed by atoms with van der Waals surface area (Å²) in [5.74, 6) is -0.594. The molecule has 0 bridgehead atoms. The van der Waals surface area contributed by atoms with Gasteiger partial charge < -0.3 is 19.9 Å². The predicted octanol–water partition coefficient (Wildman–Crippen LogP) is 3.94. The fourth-order valence-electron chi connectivity index (χ4n) is 3.01. The third-order valence-electron chi connectivity index (χ3n) is 4.67. The van der Waals surface area contributed by atoms with Crippen molar-refractivity contribution in [3.63, 3.8) is 0 Å². The summed E-state index contributed by atoms with van der Waals surface area (Å²) in [7, 11) is 1.56. The summed E-state index contributed by atoms with van der Waals surface area (Å²) in [5, 5.41) is 3.60. The number of hydrogen-bond acceptors (Lipinski definition) is 4. The standard InChI is InChI=1S/C22H23Cl2N3O3/c1-26(21(29)10-5-16-3-2-4-19(23)22(16)24)15-20(28)25-17-6-8-18(9-7-17)27-11-13-30-14-12-27/h2-10H,11-15H2,1H3,(H,25,28)/b10-5+. The maximum atomic E-state index is 12.3. The zero-order valence-corrected chi connectivity index (χ0v) is 18.1. The van der Waals surface area contributed by atoms with Gasteiger partial charge in [0, 0.05) is 37.6 Å². The Balaban J connectivity index is 1.51. The average Bonchev–Trinajstić information content (AvgIpc) is 2.75. The van der Waals surface area contributed by atoms with Gasteiger partial charge in [0.2, 0.25) is 11.8 Å². The Morgan fingerprint density at radius 1 is 1.13 bits per heavy atom. The number of nitrogens with zero attached hydrogens (tertiary/aromatic N) is 2. The smallest absolute Gasteiger partial charge is 0.246 e.